The summed E-state index contributed by atoms with van der Waals surface area (Å²) < 4.78 is 28.0. The van der Waals surface area contributed by atoms with E-state index < -0.39 is 15.8 Å². The van der Waals surface area contributed by atoms with Crippen LogP contribution in [0.3, 0.4) is 0 Å². The van der Waals surface area contributed by atoms with Gasteiger partial charge >= 0.3 is 5.97 Å². The van der Waals surface area contributed by atoms with E-state index in [2.05, 4.69) is 0 Å². The van der Waals surface area contributed by atoms with Crippen LogP contribution in [0.4, 0.5) is 0 Å². The van der Waals surface area contributed by atoms with Crippen LogP contribution < -0.4 is 4.74 Å². The highest BCUT2D eigenvalue weighted by molar-refractivity contribution is 7.89. The van der Waals surface area contributed by atoms with E-state index in [-0.39, 0.29) is 11.5 Å². The number of ether oxygens (including phenoxy) is 1. The fourth-order valence-electron chi connectivity index (χ4n) is 2.59. The van der Waals surface area contributed by atoms with Crippen LogP contribution in [0, 0.1) is 0 Å². The molecule has 0 spiro atoms. The molecule has 0 aliphatic carbocycles. The Kier molecular flexibility index (Phi) is 5.63. The Labute approximate surface area is 163 Å². The molecule has 3 aromatic rings. The average Bonchev–Trinajstić information content (AvgIpc) is 2.63. The van der Waals surface area contributed by atoms with E-state index in [4.69, 9.17) is 16.3 Å². The lowest BCUT2D eigenvalue weighted by molar-refractivity contribution is 0.0735. The van der Waals surface area contributed by atoms with Gasteiger partial charge < -0.3 is 4.74 Å². The zero-order valence-corrected chi connectivity index (χ0v) is 16.1. The molecule has 0 amide bonds. The number of hydrogen-bond acceptors (Lipinski definition) is 4. The number of carbonyl (C=O) groups is 1. The molecule has 0 saturated carbocycles. The van der Waals surface area contributed by atoms with Crippen molar-refractivity contribution in [2.24, 2.45) is 0 Å². The molecule has 138 valence electrons. The molecule has 4 nitrogen and oxygen atoms in total. The van der Waals surface area contributed by atoms with Gasteiger partial charge in [0.1, 0.15) is 5.75 Å². The second-order valence-corrected chi connectivity index (χ2v) is 8.72. The lowest BCUT2D eigenvalue weighted by Crippen LogP contribution is -2.09. The number of esters is 1. The molecule has 0 aliphatic rings. The van der Waals surface area contributed by atoms with Crippen LogP contribution in [0.2, 0.25) is 5.02 Å². The average molecular weight is 401 g/mol. The molecule has 0 heterocycles. The maximum absolute atomic E-state index is 12.3. The highest BCUT2D eigenvalue weighted by atomic mass is 35.5. The van der Waals surface area contributed by atoms with Crippen LogP contribution in [0.15, 0.2) is 72.8 Å². The van der Waals surface area contributed by atoms with Gasteiger partial charge in [0.05, 0.1) is 16.3 Å². The molecule has 3 aromatic carbocycles. The molecule has 0 unspecified atom stereocenters. The maximum atomic E-state index is 12.3. The van der Waals surface area contributed by atoms with Gasteiger partial charge in [0.2, 0.25) is 0 Å². The first-order valence-corrected chi connectivity index (χ1v) is 10.6. The Morgan fingerprint density at radius 1 is 0.926 bits per heavy atom. The molecule has 0 atom stereocenters. The van der Waals surface area contributed by atoms with Crippen LogP contribution in [-0.2, 0) is 15.6 Å². The van der Waals surface area contributed by atoms with Crippen LogP contribution >= 0.6 is 11.6 Å². The van der Waals surface area contributed by atoms with Crippen molar-refractivity contribution in [2.45, 2.75) is 5.75 Å². The van der Waals surface area contributed by atoms with Crippen molar-refractivity contribution in [3.05, 3.63) is 88.9 Å². The third kappa shape index (κ3) is 5.18. The Bertz CT molecular complexity index is 1060. The standard InChI is InChI=1S/C21H17ClO4S/c1-27(24,25)14-15-7-9-17(10-8-15)21(23)26-20-12-11-18(13-19(20)22)16-5-3-2-4-6-16/h2-13H,14H2,1H3. The van der Waals surface area contributed by atoms with Gasteiger partial charge in [0.25, 0.3) is 0 Å². The van der Waals surface area contributed by atoms with Gasteiger partial charge in [-0.15, -0.1) is 0 Å². The van der Waals surface area contributed by atoms with E-state index in [1.54, 1.807) is 24.3 Å². The summed E-state index contributed by atoms with van der Waals surface area (Å²) in [5.41, 5.74) is 2.86. The zero-order chi connectivity index (χ0) is 19.4. The van der Waals surface area contributed by atoms with Crippen molar-refractivity contribution in [2.75, 3.05) is 6.26 Å². The fraction of sp³-hybridized carbons (Fsp3) is 0.0952. The second kappa shape index (κ2) is 7.94. The third-order valence-corrected chi connectivity index (χ3v) is 5.01. The third-order valence-electron chi connectivity index (χ3n) is 3.86. The summed E-state index contributed by atoms with van der Waals surface area (Å²) in [7, 11) is -3.13. The van der Waals surface area contributed by atoms with Gasteiger partial charge in [-0.3, -0.25) is 0 Å². The van der Waals surface area contributed by atoms with Gasteiger partial charge in [-0.25, -0.2) is 13.2 Å². The number of hydrogen-bond donors (Lipinski definition) is 0. The van der Waals surface area contributed by atoms with E-state index in [1.165, 1.54) is 12.1 Å². The number of rotatable bonds is 5. The Hall–Kier alpha value is -2.63. The minimum absolute atomic E-state index is 0.0743. The predicted molar refractivity (Wildman–Crippen MR) is 107 cm³/mol. The summed E-state index contributed by atoms with van der Waals surface area (Å²) in [4.78, 5) is 12.3. The number of carbonyl (C=O) groups excluding carboxylic acids is 1. The Morgan fingerprint density at radius 3 is 2.19 bits per heavy atom. The smallest absolute Gasteiger partial charge is 0.343 e. The van der Waals surface area contributed by atoms with Crippen molar-refractivity contribution in [1.82, 2.24) is 0 Å². The number of benzene rings is 3. The molecule has 0 aromatic heterocycles. The van der Waals surface area contributed by atoms with Crippen molar-refractivity contribution >= 4 is 27.4 Å². The molecule has 0 saturated heterocycles. The molecule has 0 bridgehead atoms. The van der Waals surface area contributed by atoms with Gasteiger partial charge in [0.15, 0.2) is 9.84 Å². The highest BCUT2D eigenvalue weighted by Crippen LogP contribution is 2.30. The summed E-state index contributed by atoms with van der Waals surface area (Å²) >= 11 is 6.26. The maximum Gasteiger partial charge on any atom is 0.343 e. The Balaban J connectivity index is 1.74. The fourth-order valence-corrected chi connectivity index (χ4v) is 3.61. The molecule has 0 N–H and O–H groups in total. The molecule has 0 radical (unpaired) electrons. The summed E-state index contributed by atoms with van der Waals surface area (Å²) in [5.74, 6) is -0.369. The van der Waals surface area contributed by atoms with Crippen LogP contribution in [-0.4, -0.2) is 20.6 Å². The summed E-state index contributed by atoms with van der Waals surface area (Å²) in [5, 5.41) is 0.332. The Morgan fingerprint density at radius 2 is 1.59 bits per heavy atom. The minimum Gasteiger partial charge on any atom is -0.421 e. The summed E-state index contributed by atoms with van der Waals surface area (Å²) in [6.07, 6.45) is 1.16. The number of halogens is 1. The molecule has 0 fully saturated rings. The first-order valence-electron chi connectivity index (χ1n) is 8.16. The van der Waals surface area contributed by atoms with Crippen molar-refractivity contribution in [3.8, 4) is 16.9 Å². The normalized spacial score (nSPS) is 11.2. The SMILES string of the molecule is CS(=O)(=O)Cc1ccc(C(=O)Oc2ccc(-c3ccccc3)cc2Cl)cc1. The van der Waals surface area contributed by atoms with E-state index in [0.717, 1.165) is 17.4 Å². The van der Waals surface area contributed by atoms with Crippen molar-refractivity contribution in [1.29, 1.82) is 0 Å². The van der Waals surface area contributed by atoms with Crippen molar-refractivity contribution < 1.29 is 17.9 Å². The monoisotopic (exact) mass is 400 g/mol. The molecule has 3 rings (SSSR count). The van der Waals surface area contributed by atoms with Crippen LogP contribution in [0.5, 0.6) is 5.75 Å². The largest absolute Gasteiger partial charge is 0.421 e. The topological polar surface area (TPSA) is 60.4 Å². The van der Waals surface area contributed by atoms with Gasteiger partial charge in [-0.2, -0.15) is 0 Å². The number of sulfone groups is 1. The predicted octanol–water partition coefficient (Wildman–Crippen LogP) is 4.77. The second-order valence-electron chi connectivity index (χ2n) is 6.17. The summed E-state index contributed by atoms with van der Waals surface area (Å²) in [6, 6.07) is 21.2. The van der Waals surface area contributed by atoms with E-state index in [1.807, 2.05) is 36.4 Å². The van der Waals surface area contributed by atoms with Crippen LogP contribution in [0.1, 0.15) is 15.9 Å². The lowest BCUT2D eigenvalue weighted by Gasteiger charge is -2.09. The molecule has 6 heteroatoms. The molecular formula is C21H17ClO4S. The summed E-state index contributed by atoms with van der Waals surface area (Å²) in [6.45, 7) is 0. The first kappa shape index (κ1) is 19.1. The van der Waals surface area contributed by atoms with E-state index in [0.29, 0.717) is 16.1 Å². The molecular weight excluding hydrogens is 384 g/mol. The van der Waals surface area contributed by atoms with Crippen LogP contribution in [0.25, 0.3) is 11.1 Å². The lowest BCUT2D eigenvalue weighted by atomic mass is 10.1. The first-order chi connectivity index (χ1) is 12.8. The highest BCUT2D eigenvalue weighted by Gasteiger charge is 2.13. The quantitative estimate of drug-likeness (QED) is 0.457. The molecule has 27 heavy (non-hydrogen) atoms. The zero-order valence-electron chi connectivity index (χ0n) is 14.6. The molecule has 0 aliphatic heterocycles. The minimum atomic E-state index is -3.13. The van der Waals surface area contributed by atoms with Gasteiger partial charge in [0, 0.05) is 6.26 Å². The van der Waals surface area contributed by atoms with Gasteiger partial charge in [-0.05, 0) is 41.0 Å². The van der Waals surface area contributed by atoms with E-state index in [9.17, 15) is 13.2 Å². The van der Waals surface area contributed by atoms with E-state index >= 15 is 0 Å². The van der Waals surface area contributed by atoms with Gasteiger partial charge in [-0.1, -0.05) is 60.1 Å². The van der Waals surface area contributed by atoms with Crippen molar-refractivity contribution in [3.63, 3.8) is 0 Å².